The maximum absolute atomic E-state index is 12.7. The molecule has 2 atom stereocenters. The highest BCUT2D eigenvalue weighted by molar-refractivity contribution is 6.00. The van der Waals surface area contributed by atoms with Gasteiger partial charge in [-0.15, -0.1) is 12.4 Å². The maximum Gasteiger partial charge on any atom is 0.245 e. The van der Waals surface area contributed by atoms with Gasteiger partial charge in [-0.05, 0) is 31.5 Å². The van der Waals surface area contributed by atoms with Gasteiger partial charge in [0.15, 0.2) is 0 Å². The van der Waals surface area contributed by atoms with Crippen molar-refractivity contribution in [2.75, 3.05) is 17.2 Å². The third-order valence-electron chi connectivity index (χ3n) is 5.04. The fourth-order valence-electron chi connectivity index (χ4n) is 3.09. The Labute approximate surface area is 155 Å². The Bertz CT molecular complexity index is 663. The van der Waals surface area contributed by atoms with Crippen LogP contribution in [-0.2, 0) is 14.3 Å². The molecule has 1 fully saturated rings. The number of ether oxygens (including phenoxy) is 1. The van der Waals surface area contributed by atoms with Crippen LogP contribution in [-0.4, -0.2) is 30.1 Å². The second-order valence-electron chi connectivity index (χ2n) is 7.01. The van der Waals surface area contributed by atoms with Gasteiger partial charge in [0.1, 0.15) is 5.54 Å². The van der Waals surface area contributed by atoms with Crippen LogP contribution < -0.4 is 16.4 Å². The highest BCUT2D eigenvalue weighted by atomic mass is 35.5. The van der Waals surface area contributed by atoms with E-state index in [0.717, 1.165) is 5.56 Å². The number of amides is 2. The predicted molar refractivity (Wildman–Crippen MR) is 102 cm³/mol. The van der Waals surface area contributed by atoms with Crippen LogP contribution in [0.1, 0.15) is 39.7 Å². The lowest BCUT2D eigenvalue weighted by molar-refractivity contribution is -0.166. The monoisotopic (exact) mass is 369 g/mol. The average molecular weight is 370 g/mol. The number of halogens is 1. The van der Waals surface area contributed by atoms with Gasteiger partial charge in [0.25, 0.3) is 0 Å². The number of aryl methyl sites for hydroxylation is 1. The van der Waals surface area contributed by atoms with E-state index >= 15 is 0 Å². The zero-order valence-electron chi connectivity index (χ0n) is 15.4. The Morgan fingerprint density at radius 2 is 1.96 bits per heavy atom. The zero-order chi connectivity index (χ0) is 18.1. The van der Waals surface area contributed by atoms with Crippen molar-refractivity contribution in [2.45, 2.75) is 52.7 Å². The van der Waals surface area contributed by atoms with E-state index in [0.29, 0.717) is 24.4 Å². The average Bonchev–Trinajstić information content (AvgIpc) is 2.49. The first-order chi connectivity index (χ1) is 11.1. The van der Waals surface area contributed by atoms with Crippen LogP contribution in [0.4, 0.5) is 11.4 Å². The summed E-state index contributed by atoms with van der Waals surface area (Å²) in [5.74, 6) is -0.391. The minimum absolute atomic E-state index is 0. The Hall–Kier alpha value is -1.63. The third kappa shape index (κ3) is 3.97. The summed E-state index contributed by atoms with van der Waals surface area (Å²) in [6.07, 6.45) is 0.468. The molecule has 1 aliphatic carbocycles. The van der Waals surface area contributed by atoms with E-state index in [9.17, 15) is 9.59 Å². The van der Waals surface area contributed by atoms with E-state index in [4.69, 9.17) is 10.5 Å². The SMILES string of the molecule is CCOC1CC(N)(C(=O)Nc2ccc(C)c(NC(C)=O)c2)C1(C)C.Cl. The molecular formula is C18H28ClN3O3. The second kappa shape index (κ2) is 7.72. The number of hydrogen-bond acceptors (Lipinski definition) is 4. The van der Waals surface area contributed by atoms with Crippen molar-refractivity contribution in [3.63, 3.8) is 0 Å². The van der Waals surface area contributed by atoms with E-state index in [1.807, 2.05) is 33.8 Å². The van der Waals surface area contributed by atoms with Crippen LogP contribution >= 0.6 is 12.4 Å². The van der Waals surface area contributed by atoms with Gasteiger partial charge in [0.05, 0.1) is 6.10 Å². The minimum atomic E-state index is -0.980. The number of rotatable bonds is 5. The van der Waals surface area contributed by atoms with Gasteiger partial charge < -0.3 is 21.1 Å². The van der Waals surface area contributed by atoms with E-state index in [1.165, 1.54) is 6.92 Å². The maximum atomic E-state index is 12.7. The van der Waals surface area contributed by atoms with Crippen molar-refractivity contribution in [1.29, 1.82) is 0 Å². The normalized spacial score (nSPS) is 23.8. The van der Waals surface area contributed by atoms with Gasteiger partial charge in [0, 0.05) is 36.7 Å². The number of anilines is 2. The van der Waals surface area contributed by atoms with E-state index in [1.54, 1.807) is 12.1 Å². The molecule has 4 N–H and O–H groups in total. The molecule has 2 rings (SSSR count). The van der Waals surface area contributed by atoms with Crippen LogP contribution in [0.25, 0.3) is 0 Å². The molecule has 0 aromatic heterocycles. The topological polar surface area (TPSA) is 93.4 Å². The molecule has 1 aliphatic rings. The van der Waals surface area contributed by atoms with Gasteiger partial charge in [-0.1, -0.05) is 19.9 Å². The number of hydrogen-bond donors (Lipinski definition) is 3. The number of nitrogens with two attached hydrogens (primary N) is 1. The zero-order valence-corrected chi connectivity index (χ0v) is 16.3. The summed E-state index contributed by atoms with van der Waals surface area (Å²) in [7, 11) is 0. The molecule has 0 radical (unpaired) electrons. The van der Waals surface area contributed by atoms with Crippen LogP contribution in [0.3, 0.4) is 0 Å². The Balaban J connectivity index is 0.00000312. The standard InChI is InChI=1S/C18H27N3O3.ClH/c1-6-24-15-10-18(19,17(15,4)5)16(23)21-13-8-7-11(2)14(9-13)20-12(3)22;/h7-9,15H,6,10,19H2,1-5H3,(H,20,22)(H,21,23);1H. The molecule has 6 nitrogen and oxygen atoms in total. The summed E-state index contributed by atoms with van der Waals surface area (Å²) in [5, 5.41) is 5.62. The molecular weight excluding hydrogens is 342 g/mol. The third-order valence-corrected chi connectivity index (χ3v) is 5.04. The molecule has 25 heavy (non-hydrogen) atoms. The van der Waals surface area contributed by atoms with Crippen LogP contribution in [0, 0.1) is 12.3 Å². The van der Waals surface area contributed by atoms with Gasteiger partial charge in [-0.3, -0.25) is 9.59 Å². The summed E-state index contributed by atoms with van der Waals surface area (Å²) in [6, 6.07) is 5.39. The Morgan fingerprint density at radius 1 is 1.32 bits per heavy atom. The Kier molecular flexibility index (Phi) is 6.61. The van der Waals surface area contributed by atoms with Crippen molar-refractivity contribution >= 4 is 35.6 Å². The number of carbonyl (C=O) groups excluding carboxylic acids is 2. The Morgan fingerprint density at radius 3 is 2.48 bits per heavy atom. The molecule has 0 aliphatic heterocycles. The molecule has 2 unspecified atom stereocenters. The van der Waals surface area contributed by atoms with Gasteiger partial charge >= 0.3 is 0 Å². The van der Waals surface area contributed by atoms with E-state index < -0.39 is 11.0 Å². The molecule has 0 spiro atoms. The second-order valence-corrected chi connectivity index (χ2v) is 7.01. The molecule has 1 aromatic rings. The lowest BCUT2D eigenvalue weighted by Crippen LogP contribution is -2.74. The lowest BCUT2D eigenvalue weighted by Gasteiger charge is -2.57. The minimum Gasteiger partial charge on any atom is -0.378 e. The van der Waals surface area contributed by atoms with Crippen LogP contribution in [0.2, 0.25) is 0 Å². The summed E-state index contributed by atoms with van der Waals surface area (Å²) < 4.78 is 5.66. The molecule has 1 aromatic carbocycles. The van der Waals surface area contributed by atoms with Crippen LogP contribution in [0.5, 0.6) is 0 Å². The highest BCUT2D eigenvalue weighted by Gasteiger charge is 2.62. The summed E-state index contributed by atoms with van der Waals surface area (Å²) in [6.45, 7) is 9.78. The molecule has 140 valence electrons. The fourth-order valence-corrected chi connectivity index (χ4v) is 3.09. The quantitative estimate of drug-likeness (QED) is 0.743. The first kappa shape index (κ1) is 21.4. The molecule has 1 saturated carbocycles. The van der Waals surface area contributed by atoms with Crippen LogP contribution in [0.15, 0.2) is 18.2 Å². The summed E-state index contributed by atoms with van der Waals surface area (Å²) >= 11 is 0. The highest BCUT2D eigenvalue weighted by Crippen LogP contribution is 2.50. The molecule has 7 heteroatoms. The summed E-state index contributed by atoms with van der Waals surface area (Å²) in [4.78, 5) is 24.0. The lowest BCUT2D eigenvalue weighted by atomic mass is 9.54. The van der Waals surface area contributed by atoms with Crippen molar-refractivity contribution in [2.24, 2.45) is 11.1 Å². The van der Waals surface area contributed by atoms with Gasteiger partial charge in [-0.25, -0.2) is 0 Å². The van der Waals surface area contributed by atoms with Crippen molar-refractivity contribution in [3.05, 3.63) is 23.8 Å². The molecule has 0 heterocycles. The fraction of sp³-hybridized carbons (Fsp3) is 0.556. The van der Waals surface area contributed by atoms with E-state index in [2.05, 4.69) is 10.6 Å². The van der Waals surface area contributed by atoms with Crippen molar-refractivity contribution in [1.82, 2.24) is 0 Å². The smallest absolute Gasteiger partial charge is 0.245 e. The van der Waals surface area contributed by atoms with Crippen molar-refractivity contribution < 1.29 is 14.3 Å². The molecule has 0 saturated heterocycles. The predicted octanol–water partition coefficient (Wildman–Crippen LogP) is 2.85. The molecule has 0 bridgehead atoms. The first-order valence-electron chi connectivity index (χ1n) is 8.22. The molecule has 2 amide bonds. The number of benzene rings is 1. The van der Waals surface area contributed by atoms with Crippen molar-refractivity contribution in [3.8, 4) is 0 Å². The number of nitrogens with one attached hydrogen (secondary N) is 2. The largest absolute Gasteiger partial charge is 0.378 e. The van der Waals surface area contributed by atoms with Gasteiger partial charge in [0.2, 0.25) is 11.8 Å². The first-order valence-corrected chi connectivity index (χ1v) is 8.22. The van der Waals surface area contributed by atoms with E-state index in [-0.39, 0.29) is 30.3 Å². The summed E-state index contributed by atoms with van der Waals surface area (Å²) in [5.41, 5.74) is 7.15. The van der Waals surface area contributed by atoms with Gasteiger partial charge in [-0.2, -0.15) is 0 Å². The number of carbonyl (C=O) groups is 2.